The molecule has 0 saturated heterocycles. The summed E-state index contributed by atoms with van der Waals surface area (Å²) < 4.78 is 1.72. The Bertz CT molecular complexity index is 286. The number of aromatic nitrogens is 4. The average molecular weight is 197 g/mol. The highest BCUT2D eigenvalue weighted by Gasteiger charge is 2.24. The molecule has 0 aliphatic heterocycles. The first-order valence-electron chi connectivity index (χ1n) is 4.83. The molecule has 5 heteroatoms. The molecule has 1 aromatic rings. The van der Waals surface area contributed by atoms with Gasteiger partial charge in [-0.25, -0.2) is 4.68 Å². The third-order valence-corrected chi connectivity index (χ3v) is 2.49. The zero-order valence-corrected chi connectivity index (χ0v) is 9.57. The van der Waals surface area contributed by atoms with Crippen molar-refractivity contribution >= 4 is 0 Å². The Kier molecular flexibility index (Phi) is 3.21. The van der Waals surface area contributed by atoms with Crippen molar-refractivity contribution in [1.29, 1.82) is 0 Å². The van der Waals surface area contributed by atoms with Crippen LogP contribution in [0.4, 0.5) is 0 Å². The molecule has 14 heavy (non-hydrogen) atoms. The molecule has 0 amide bonds. The van der Waals surface area contributed by atoms with Crippen molar-refractivity contribution in [1.82, 2.24) is 25.5 Å². The number of nitrogens with zero attached hydrogens (tertiary/aromatic N) is 4. The van der Waals surface area contributed by atoms with Crippen LogP contribution in [0.2, 0.25) is 0 Å². The molecule has 0 aliphatic carbocycles. The molecule has 0 aliphatic rings. The number of aryl methyl sites for hydroxylation is 1. The molecular formula is C9H19N5. The quantitative estimate of drug-likeness (QED) is 0.761. The number of rotatable bonds is 3. The van der Waals surface area contributed by atoms with Crippen LogP contribution in [0, 0.1) is 5.41 Å². The van der Waals surface area contributed by atoms with E-state index in [1.165, 1.54) is 0 Å². The van der Waals surface area contributed by atoms with E-state index in [2.05, 4.69) is 41.6 Å². The second-order valence-corrected chi connectivity index (χ2v) is 4.63. The van der Waals surface area contributed by atoms with Gasteiger partial charge in [0.25, 0.3) is 0 Å². The second-order valence-electron chi connectivity index (χ2n) is 4.63. The molecule has 0 bridgehead atoms. The summed E-state index contributed by atoms with van der Waals surface area (Å²) in [7, 11) is 3.84. The first-order valence-corrected chi connectivity index (χ1v) is 4.83. The highest BCUT2D eigenvalue weighted by atomic mass is 15.5. The van der Waals surface area contributed by atoms with Crippen LogP contribution < -0.4 is 5.32 Å². The molecule has 1 unspecified atom stereocenters. The van der Waals surface area contributed by atoms with Crippen molar-refractivity contribution in [2.24, 2.45) is 12.5 Å². The number of tetrazole rings is 1. The molecular weight excluding hydrogens is 178 g/mol. The Morgan fingerprint density at radius 3 is 2.43 bits per heavy atom. The highest BCUT2D eigenvalue weighted by molar-refractivity contribution is 4.91. The summed E-state index contributed by atoms with van der Waals surface area (Å²) in [5, 5.41) is 14.7. The lowest BCUT2D eigenvalue weighted by Gasteiger charge is -2.29. The van der Waals surface area contributed by atoms with Crippen molar-refractivity contribution < 1.29 is 0 Å². The van der Waals surface area contributed by atoms with E-state index in [4.69, 9.17) is 0 Å². The number of nitrogens with one attached hydrogen (secondary N) is 1. The maximum Gasteiger partial charge on any atom is 0.152 e. The maximum atomic E-state index is 3.98. The van der Waals surface area contributed by atoms with Gasteiger partial charge in [0.15, 0.2) is 5.82 Å². The third-order valence-electron chi connectivity index (χ3n) is 2.49. The summed E-state index contributed by atoms with van der Waals surface area (Å²) in [6.45, 7) is 6.62. The molecule has 5 nitrogen and oxygen atoms in total. The van der Waals surface area contributed by atoms with Crippen LogP contribution in [0.1, 0.15) is 26.6 Å². The van der Waals surface area contributed by atoms with E-state index in [1.54, 1.807) is 4.68 Å². The van der Waals surface area contributed by atoms with E-state index < -0.39 is 0 Å². The van der Waals surface area contributed by atoms with E-state index in [9.17, 15) is 0 Å². The van der Waals surface area contributed by atoms with Crippen LogP contribution in [0.25, 0.3) is 0 Å². The normalized spacial score (nSPS) is 14.4. The van der Waals surface area contributed by atoms with Crippen LogP contribution in [-0.4, -0.2) is 33.3 Å². The topological polar surface area (TPSA) is 55.6 Å². The van der Waals surface area contributed by atoms with E-state index >= 15 is 0 Å². The summed E-state index contributed by atoms with van der Waals surface area (Å²) >= 11 is 0. The van der Waals surface area contributed by atoms with Crippen molar-refractivity contribution in [3.05, 3.63) is 5.82 Å². The van der Waals surface area contributed by atoms with Crippen LogP contribution >= 0.6 is 0 Å². The highest BCUT2D eigenvalue weighted by Crippen LogP contribution is 2.21. The Hall–Kier alpha value is -0.970. The molecule has 80 valence electrons. The van der Waals surface area contributed by atoms with Gasteiger partial charge in [-0.2, -0.15) is 0 Å². The molecule has 1 aromatic heterocycles. The number of hydrogen-bond donors (Lipinski definition) is 1. The minimum absolute atomic E-state index is 0.209. The fourth-order valence-electron chi connectivity index (χ4n) is 1.44. The van der Waals surface area contributed by atoms with Gasteiger partial charge in [0.05, 0.1) is 0 Å². The Balaban J connectivity index is 2.71. The zero-order chi connectivity index (χ0) is 10.8. The maximum absolute atomic E-state index is 3.98. The fourth-order valence-corrected chi connectivity index (χ4v) is 1.44. The number of hydrogen-bond acceptors (Lipinski definition) is 4. The molecule has 0 spiro atoms. The van der Waals surface area contributed by atoms with Crippen molar-refractivity contribution in [2.75, 3.05) is 7.05 Å². The lowest BCUT2D eigenvalue weighted by atomic mass is 9.85. The Morgan fingerprint density at radius 1 is 1.43 bits per heavy atom. The molecule has 1 heterocycles. The minimum atomic E-state index is 0.209. The van der Waals surface area contributed by atoms with Gasteiger partial charge in [0.1, 0.15) is 0 Å². The van der Waals surface area contributed by atoms with E-state index in [0.29, 0.717) is 6.04 Å². The van der Waals surface area contributed by atoms with Crippen LogP contribution in [-0.2, 0) is 13.5 Å². The predicted molar refractivity (Wildman–Crippen MR) is 54.8 cm³/mol. The first-order chi connectivity index (χ1) is 6.45. The van der Waals surface area contributed by atoms with Gasteiger partial charge < -0.3 is 5.32 Å². The lowest BCUT2D eigenvalue weighted by Crippen LogP contribution is -2.40. The third kappa shape index (κ3) is 2.51. The van der Waals surface area contributed by atoms with E-state index in [-0.39, 0.29) is 5.41 Å². The monoisotopic (exact) mass is 197 g/mol. The lowest BCUT2D eigenvalue weighted by molar-refractivity contribution is 0.274. The molecule has 0 aromatic carbocycles. The van der Waals surface area contributed by atoms with E-state index in [0.717, 1.165) is 12.2 Å². The second kappa shape index (κ2) is 4.04. The summed E-state index contributed by atoms with van der Waals surface area (Å²) in [4.78, 5) is 0. The van der Waals surface area contributed by atoms with Gasteiger partial charge in [0, 0.05) is 19.5 Å². The molecule has 1 atom stereocenters. The van der Waals surface area contributed by atoms with Gasteiger partial charge in [-0.3, -0.25) is 0 Å². The molecule has 0 fully saturated rings. The van der Waals surface area contributed by atoms with Crippen LogP contribution in [0.15, 0.2) is 0 Å². The SMILES string of the molecule is CNC(Cc1nnnn1C)C(C)(C)C. The van der Waals surface area contributed by atoms with Crippen LogP contribution in [0.5, 0.6) is 0 Å². The first kappa shape index (κ1) is 11.1. The molecule has 1 N–H and O–H groups in total. The van der Waals surface area contributed by atoms with Gasteiger partial charge in [-0.15, -0.1) is 5.10 Å². The summed E-state index contributed by atoms with van der Waals surface area (Å²) in [6.07, 6.45) is 0.851. The smallest absolute Gasteiger partial charge is 0.152 e. The van der Waals surface area contributed by atoms with Crippen molar-refractivity contribution in [2.45, 2.75) is 33.2 Å². The molecule has 0 radical (unpaired) electrons. The summed E-state index contributed by atoms with van der Waals surface area (Å²) in [5.74, 6) is 0.916. The average Bonchev–Trinajstić information content (AvgIpc) is 2.45. The van der Waals surface area contributed by atoms with Crippen LogP contribution in [0.3, 0.4) is 0 Å². The molecule has 0 saturated carbocycles. The van der Waals surface area contributed by atoms with Gasteiger partial charge in [0.2, 0.25) is 0 Å². The fraction of sp³-hybridized carbons (Fsp3) is 0.889. The summed E-state index contributed by atoms with van der Waals surface area (Å²) in [6, 6.07) is 0.382. The van der Waals surface area contributed by atoms with Gasteiger partial charge in [-0.05, 0) is 22.9 Å². The van der Waals surface area contributed by atoms with Gasteiger partial charge >= 0.3 is 0 Å². The zero-order valence-electron chi connectivity index (χ0n) is 9.57. The van der Waals surface area contributed by atoms with Crippen molar-refractivity contribution in [3.63, 3.8) is 0 Å². The molecule has 1 rings (SSSR count). The Morgan fingerprint density at radius 2 is 2.07 bits per heavy atom. The van der Waals surface area contributed by atoms with Gasteiger partial charge in [-0.1, -0.05) is 20.8 Å². The summed E-state index contributed by atoms with van der Waals surface area (Å²) in [5.41, 5.74) is 0.209. The minimum Gasteiger partial charge on any atom is -0.316 e. The largest absolute Gasteiger partial charge is 0.316 e. The predicted octanol–water partition coefficient (Wildman–Crippen LogP) is 0.387. The Labute approximate surface area is 84.9 Å². The standard InChI is InChI=1S/C9H19N5/c1-9(2,3)7(10-4)6-8-11-12-13-14(8)5/h7,10H,6H2,1-5H3. The van der Waals surface area contributed by atoms with E-state index in [1.807, 2.05) is 14.1 Å². The van der Waals surface area contributed by atoms with Crippen molar-refractivity contribution in [3.8, 4) is 0 Å². The number of likely N-dealkylation sites (N-methyl/N-ethyl adjacent to an activating group) is 1.